The Bertz CT molecular complexity index is 2380. The monoisotopic (exact) mass is 889 g/mol. The molecule has 0 spiro atoms. The molecule has 2 amide bonds. The molecule has 336 valence electrons. The molecule has 3 fully saturated rings. The highest BCUT2D eigenvalue weighted by atomic mass is 32.2. The molecule has 7 rings (SSSR count). The topological polar surface area (TPSA) is 176 Å². The van der Waals surface area contributed by atoms with Crippen LogP contribution in [0, 0.1) is 23.1 Å². The maximum absolute atomic E-state index is 14.9. The first-order valence-electron chi connectivity index (χ1n) is 20.9. The summed E-state index contributed by atoms with van der Waals surface area (Å²) in [6, 6.07) is 4.14. The van der Waals surface area contributed by atoms with Crippen LogP contribution in [0.5, 0.6) is 17.4 Å². The lowest BCUT2D eigenvalue weighted by atomic mass is 9.90. The molecule has 5 atom stereocenters. The molecule has 3 aromatic rings. The Morgan fingerprint density at radius 2 is 1.85 bits per heavy atom. The number of hydrogen-bond acceptors (Lipinski definition) is 11. The third kappa shape index (κ3) is 9.61. The molecule has 1 saturated heterocycles. The summed E-state index contributed by atoms with van der Waals surface area (Å²) in [5.74, 6) is -4.48. The third-order valence-electron chi connectivity index (χ3n) is 12.3. The minimum Gasteiger partial charge on any atom is -0.491 e. The van der Waals surface area contributed by atoms with Gasteiger partial charge in [0.1, 0.15) is 29.6 Å². The predicted molar refractivity (Wildman–Crippen MR) is 216 cm³/mol. The van der Waals surface area contributed by atoms with Crippen molar-refractivity contribution in [1.82, 2.24) is 24.4 Å². The molecule has 4 aliphatic rings. The zero-order valence-electron chi connectivity index (χ0n) is 35.0. The lowest BCUT2D eigenvalue weighted by Gasteiger charge is -2.29. The van der Waals surface area contributed by atoms with E-state index in [1.807, 2.05) is 12.2 Å². The predicted octanol–water partition coefficient (Wildman–Crippen LogP) is 6.65. The molecule has 14 nitrogen and oxygen atoms in total. The molecule has 2 aliphatic carbocycles. The van der Waals surface area contributed by atoms with Gasteiger partial charge >= 0.3 is 6.18 Å². The fraction of sp³-hybridized carbons (Fsp3) is 0.581. The highest BCUT2D eigenvalue weighted by molar-refractivity contribution is 7.91. The maximum Gasteiger partial charge on any atom is 0.408 e. The minimum absolute atomic E-state index is 0.0653. The summed E-state index contributed by atoms with van der Waals surface area (Å²) >= 11 is 0. The lowest BCUT2D eigenvalue weighted by Crippen LogP contribution is -2.47. The van der Waals surface area contributed by atoms with Crippen molar-refractivity contribution in [2.24, 2.45) is 17.3 Å². The third-order valence-corrected chi connectivity index (χ3v) is 14.5. The van der Waals surface area contributed by atoms with Gasteiger partial charge < -0.3 is 19.1 Å². The second-order valence-corrected chi connectivity index (χ2v) is 19.7. The van der Waals surface area contributed by atoms with Gasteiger partial charge in [0.25, 0.3) is 0 Å². The molecule has 0 unspecified atom stereocenters. The molecule has 2 saturated carbocycles. The average Bonchev–Trinajstić information content (AvgIpc) is 3.98. The van der Waals surface area contributed by atoms with E-state index < -0.39 is 92.5 Å². The van der Waals surface area contributed by atoms with Crippen LogP contribution in [-0.4, -0.2) is 94.3 Å². The molecule has 1 N–H and O–H groups in total. The van der Waals surface area contributed by atoms with E-state index in [0.717, 1.165) is 6.20 Å². The average molecular weight is 890 g/mol. The second kappa shape index (κ2) is 17.2. The Labute approximate surface area is 356 Å². The van der Waals surface area contributed by atoms with E-state index in [1.54, 1.807) is 20.8 Å². The maximum atomic E-state index is 14.9. The molecular weight excluding hydrogens is 839 g/mol. The Hall–Kier alpha value is -5.07. The molecule has 0 bridgehead atoms. The van der Waals surface area contributed by atoms with Gasteiger partial charge in [-0.1, -0.05) is 25.0 Å². The van der Waals surface area contributed by atoms with Gasteiger partial charge in [-0.05, 0) is 83.4 Å². The van der Waals surface area contributed by atoms with E-state index in [2.05, 4.69) is 14.8 Å². The second-order valence-electron chi connectivity index (χ2n) is 17.5. The van der Waals surface area contributed by atoms with Gasteiger partial charge in [-0.3, -0.25) is 28.6 Å². The summed E-state index contributed by atoms with van der Waals surface area (Å²) in [7, 11) is -2.76. The molecule has 0 radical (unpaired) electrons. The Morgan fingerprint density at radius 3 is 2.55 bits per heavy atom. The number of fused-ring (bicyclic) bond motifs is 3. The van der Waals surface area contributed by atoms with Crippen molar-refractivity contribution in [3.05, 3.63) is 54.1 Å². The fourth-order valence-corrected chi connectivity index (χ4v) is 9.83. The molecule has 2 aromatic heterocycles. The van der Waals surface area contributed by atoms with Gasteiger partial charge in [0, 0.05) is 42.8 Å². The molecule has 2 aliphatic heterocycles. The lowest BCUT2D eigenvalue weighted by molar-refractivity contribution is -0.142. The number of sulfonamides is 1. The molecule has 4 heterocycles. The number of benzene rings is 1. The zero-order valence-corrected chi connectivity index (χ0v) is 35.8. The first-order chi connectivity index (χ1) is 29.2. The van der Waals surface area contributed by atoms with Crippen LogP contribution in [0.15, 0.2) is 42.6 Å². The summed E-state index contributed by atoms with van der Waals surface area (Å²) in [6.45, 7) is 3.55. The number of nitrogens with zero attached hydrogens (tertiary/aromatic N) is 4. The number of Topliss-reactive ketones (excluding diaryl/α,β-unsaturated/α-hetero) is 2. The molecular formula is C43H51F4N5O9S. The van der Waals surface area contributed by atoms with Gasteiger partial charge in [-0.25, -0.2) is 17.8 Å². The number of carbonyl (C=O) groups is 4. The normalized spacial score (nSPS) is 25.9. The van der Waals surface area contributed by atoms with Crippen LogP contribution in [-0.2, 0) is 31.0 Å². The highest BCUT2D eigenvalue weighted by Crippen LogP contribution is 2.58. The summed E-state index contributed by atoms with van der Waals surface area (Å²) < 4.78 is 100. The van der Waals surface area contributed by atoms with Gasteiger partial charge in [0.2, 0.25) is 27.7 Å². The van der Waals surface area contributed by atoms with Crippen molar-refractivity contribution in [2.75, 3.05) is 13.7 Å². The number of pyridine rings is 1. The van der Waals surface area contributed by atoms with Crippen molar-refractivity contribution in [3.63, 3.8) is 0 Å². The SMILES string of the molecule is COc1c(F)ccc2c(O[C@@H]3C[C@H]4C(=O)C[C@]5(C(=O)NS(=O)(=O)C6(C)CC6)C[C@H]5/C=C\CCCCC[C@H](CC(=O)c5ccn(CC(F)(F)F)n5)C(=O)N4C3)cc(OC(C)C)nc12. The Kier molecular flexibility index (Phi) is 12.5. The number of rotatable bonds is 12. The van der Waals surface area contributed by atoms with Crippen LogP contribution in [0.4, 0.5) is 17.6 Å². The van der Waals surface area contributed by atoms with Crippen LogP contribution in [0.25, 0.3) is 10.9 Å². The van der Waals surface area contributed by atoms with Crippen LogP contribution < -0.4 is 18.9 Å². The summed E-state index contributed by atoms with van der Waals surface area (Å²) in [5, 5.41) is 4.17. The summed E-state index contributed by atoms with van der Waals surface area (Å²) in [4.78, 5) is 62.9. The van der Waals surface area contributed by atoms with Crippen LogP contribution in [0.3, 0.4) is 0 Å². The van der Waals surface area contributed by atoms with Gasteiger partial charge in [0.05, 0.1) is 36.0 Å². The number of ketones is 2. The van der Waals surface area contributed by atoms with Crippen molar-refractivity contribution in [3.8, 4) is 17.4 Å². The summed E-state index contributed by atoms with van der Waals surface area (Å²) in [6.07, 6.45) is 1.89. The Morgan fingerprint density at radius 1 is 1.10 bits per heavy atom. The number of ether oxygens (including phenoxy) is 3. The summed E-state index contributed by atoms with van der Waals surface area (Å²) in [5.41, 5.74) is -1.53. The van der Waals surface area contributed by atoms with Crippen molar-refractivity contribution >= 4 is 44.3 Å². The first kappa shape index (κ1) is 45.0. The van der Waals surface area contributed by atoms with Crippen LogP contribution in [0.2, 0.25) is 0 Å². The number of aromatic nitrogens is 3. The smallest absolute Gasteiger partial charge is 0.408 e. The van der Waals surface area contributed by atoms with E-state index in [1.165, 1.54) is 36.3 Å². The van der Waals surface area contributed by atoms with E-state index >= 15 is 0 Å². The van der Waals surface area contributed by atoms with E-state index in [0.29, 0.717) is 48.6 Å². The van der Waals surface area contributed by atoms with Crippen molar-refractivity contribution in [2.45, 2.75) is 127 Å². The molecule has 1 aromatic carbocycles. The number of halogens is 4. The van der Waals surface area contributed by atoms with Crippen LogP contribution >= 0.6 is 0 Å². The van der Waals surface area contributed by atoms with Gasteiger partial charge in [0.15, 0.2) is 23.1 Å². The highest BCUT2D eigenvalue weighted by Gasteiger charge is 2.62. The fourth-order valence-electron chi connectivity index (χ4n) is 8.49. The number of amides is 2. The van der Waals surface area contributed by atoms with Crippen LogP contribution in [0.1, 0.15) is 102 Å². The number of methoxy groups -OCH3 is 1. The largest absolute Gasteiger partial charge is 0.491 e. The number of carbonyl (C=O) groups excluding carboxylic acids is 4. The van der Waals surface area contributed by atoms with Gasteiger partial charge in [-0.15, -0.1) is 0 Å². The van der Waals surface area contributed by atoms with E-state index in [-0.39, 0.29) is 66.9 Å². The molecule has 19 heteroatoms. The molecule has 62 heavy (non-hydrogen) atoms. The Balaban J connectivity index is 1.23. The zero-order chi connectivity index (χ0) is 44.8. The number of nitrogens with one attached hydrogen (secondary N) is 1. The number of alkyl halides is 3. The van der Waals surface area contributed by atoms with Gasteiger partial charge in [-0.2, -0.15) is 18.3 Å². The van der Waals surface area contributed by atoms with E-state index in [9.17, 15) is 45.2 Å². The minimum atomic E-state index is -4.57. The first-order valence-corrected chi connectivity index (χ1v) is 22.4. The number of hydrogen-bond donors (Lipinski definition) is 1. The number of allylic oxidation sites excluding steroid dienone is 2. The van der Waals surface area contributed by atoms with Crippen molar-refractivity contribution in [1.29, 1.82) is 0 Å². The van der Waals surface area contributed by atoms with Crippen molar-refractivity contribution < 1.29 is 59.4 Å². The standard InChI is InChI=1S/C43H51F4N5O9S/c1-25(2)60-36-20-35(29-12-13-30(44)38(59-4)37(29)48-36)61-28-19-32-34(54)22-42(40(56)50-62(57,58)41(3)15-16-41)21-27(42)11-9-7-5-6-8-10-26(39(55)52(32)23-28)18-33(53)31-14-17-51(49-31)24-43(45,46)47/h9,11-14,17,20,25-28,32H,5-8,10,15-16,18-19,21-24H2,1-4H3,(H,50,56)/b11-9-/t26-,27-,28-,32+,42-/m1/s1. The van der Waals surface area contributed by atoms with E-state index in [4.69, 9.17) is 14.2 Å². The quantitative estimate of drug-likeness (QED) is 0.117.